The highest BCUT2D eigenvalue weighted by Gasteiger charge is 2.31. The van der Waals surface area contributed by atoms with Crippen LogP contribution in [0.1, 0.15) is 38.6 Å². The van der Waals surface area contributed by atoms with Gasteiger partial charge in [-0.2, -0.15) is 5.10 Å². The van der Waals surface area contributed by atoms with Crippen molar-refractivity contribution in [1.82, 2.24) is 25.3 Å². The second-order valence-corrected chi connectivity index (χ2v) is 8.48. The molecule has 1 aliphatic rings. The number of hydrogen-bond donors (Lipinski definition) is 2. The molecule has 2 aromatic carbocycles. The van der Waals surface area contributed by atoms with Crippen molar-refractivity contribution < 1.29 is 13.8 Å². The minimum absolute atomic E-state index is 0.0209. The van der Waals surface area contributed by atoms with E-state index >= 15 is 0 Å². The molecule has 3 heterocycles. The van der Waals surface area contributed by atoms with Crippen molar-refractivity contribution in [1.29, 1.82) is 0 Å². The number of hydrogen-bond acceptors (Lipinski definition) is 4. The first-order valence-corrected chi connectivity index (χ1v) is 11.1. The van der Waals surface area contributed by atoms with E-state index < -0.39 is 5.82 Å². The van der Waals surface area contributed by atoms with E-state index in [0.29, 0.717) is 37.3 Å². The zero-order valence-electron chi connectivity index (χ0n) is 18.9. The van der Waals surface area contributed by atoms with Crippen LogP contribution in [0, 0.1) is 19.7 Å². The van der Waals surface area contributed by atoms with Gasteiger partial charge in [0.1, 0.15) is 12.4 Å². The van der Waals surface area contributed by atoms with Crippen molar-refractivity contribution in [3.63, 3.8) is 0 Å². The number of aromatic amines is 2. The zero-order valence-corrected chi connectivity index (χ0v) is 18.9. The molecule has 172 valence electrons. The summed E-state index contributed by atoms with van der Waals surface area (Å²) in [5.41, 5.74) is 3.60. The van der Waals surface area contributed by atoms with Crippen LogP contribution in [0.2, 0.25) is 0 Å². The molecule has 0 bridgehead atoms. The van der Waals surface area contributed by atoms with E-state index in [4.69, 9.17) is 0 Å². The molecule has 34 heavy (non-hydrogen) atoms. The van der Waals surface area contributed by atoms with Crippen LogP contribution >= 0.6 is 0 Å². The van der Waals surface area contributed by atoms with E-state index in [1.54, 1.807) is 24.0 Å². The second kappa shape index (κ2) is 8.66. The van der Waals surface area contributed by atoms with E-state index in [1.807, 2.05) is 37.3 Å². The molecule has 4 aromatic rings. The molecule has 0 spiro atoms. The average Bonchev–Trinajstić information content (AvgIpc) is 3.29. The number of nitrogens with zero attached hydrogens (tertiary/aromatic N) is 4. The molecule has 9 heteroatoms. The van der Waals surface area contributed by atoms with Crippen LogP contribution in [0.4, 0.5) is 4.39 Å². The third-order valence-electron chi connectivity index (χ3n) is 6.39. The summed E-state index contributed by atoms with van der Waals surface area (Å²) < 4.78 is 16.7. The predicted molar refractivity (Wildman–Crippen MR) is 122 cm³/mol. The van der Waals surface area contributed by atoms with Gasteiger partial charge in [-0.05, 0) is 49.2 Å². The van der Waals surface area contributed by atoms with E-state index in [2.05, 4.69) is 25.0 Å². The number of aromatic nitrogens is 5. The number of carbonyl (C=O) groups excluding carboxylic acids is 1. The van der Waals surface area contributed by atoms with E-state index in [-0.39, 0.29) is 17.0 Å². The van der Waals surface area contributed by atoms with Gasteiger partial charge in [-0.25, -0.2) is 14.1 Å². The predicted octanol–water partition coefficient (Wildman–Crippen LogP) is 2.45. The largest absolute Gasteiger partial charge is 0.325 e. The Balaban J connectivity index is 1.38. The topological polar surface area (TPSA) is 98.6 Å². The fourth-order valence-corrected chi connectivity index (χ4v) is 4.24. The summed E-state index contributed by atoms with van der Waals surface area (Å²) in [6, 6.07) is 14.4. The third-order valence-corrected chi connectivity index (χ3v) is 6.39. The van der Waals surface area contributed by atoms with E-state index in [1.165, 1.54) is 6.07 Å². The van der Waals surface area contributed by atoms with Crippen molar-refractivity contribution in [3.05, 3.63) is 98.5 Å². The SMILES string of the molecule is Cc1c(Cc2ccc(F)c(C(=O)N3CC[n+]4c(-c5ccccc5)n[nH]c4C3)c2)n[nH]c(=O)c1C. The molecule has 0 aliphatic carbocycles. The van der Waals surface area contributed by atoms with Gasteiger partial charge in [-0.1, -0.05) is 24.3 Å². The van der Waals surface area contributed by atoms with Gasteiger partial charge >= 0.3 is 5.82 Å². The molecule has 1 amide bonds. The summed E-state index contributed by atoms with van der Waals surface area (Å²) in [4.78, 5) is 26.6. The van der Waals surface area contributed by atoms with Crippen molar-refractivity contribution >= 4 is 5.91 Å². The smallest absolute Gasteiger partial charge is 0.308 e. The normalized spacial score (nSPS) is 13.1. The molecule has 2 N–H and O–H groups in total. The Morgan fingerprint density at radius 1 is 1.09 bits per heavy atom. The number of amides is 1. The molecule has 0 saturated heterocycles. The number of H-pyrrole nitrogens is 2. The molecule has 2 aromatic heterocycles. The summed E-state index contributed by atoms with van der Waals surface area (Å²) in [7, 11) is 0. The van der Waals surface area contributed by atoms with Crippen molar-refractivity contribution in [2.75, 3.05) is 6.54 Å². The summed E-state index contributed by atoms with van der Waals surface area (Å²) in [6.07, 6.45) is 0.380. The van der Waals surface area contributed by atoms with Crippen LogP contribution in [0.3, 0.4) is 0 Å². The Labute approximate surface area is 195 Å². The van der Waals surface area contributed by atoms with Gasteiger partial charge in [0.2, 0.25) is 0 Å². The van der Waals surface area contributed by atoms with E-state index in [0.717, 1.165) is 28.3 Å². The summed E-state index contributed by atoms with van der Waals surface area (Å²) in [5.74, 6) is 0.668. The molecule has 5 rings (SSSR count). The minimum atomic E-state index is -0.566. The van der Waals surface area contributed by atoms with Crippen LogP contribution in [0.5, 0.6) is 0 Å². The van der Waals surface area contributed by atoms with Crippen LogP contribution in [-0.4, -0.2) is 37.7 Å². The Hall–Kier alpha value is -4.14. The maximum atomic E-state index is 14.7. The van der Waals surface area contributed by atoms with Crippen LogP contribution in [0.25, 0.3) is 11.4 Å². The van der Waals surface area contributed by atoms with Gasteiger partial charge < -0.3 is 4.90 Å². The number of fused-ring (bicyclic) bond motifs is 1. The zero-order chi connectivity index (χ0) is 23.8. The van der Waals surface area contributed by atoms with Crippen molar-refractivity contribution in [2.24, 2.45) is 0 Å². The first-order valence-electron chi connectivity index (χ1n) is 11.1. The molecule has 0 fully saturated rings. The lowest BCUT2D eigenvalue weighted by Crippen LogP contribution is -2.52. The Kier molecular flexibility index (Phi) is 5.53. The molecule has 0 atom stereocenters. The van der Waals surface area contributed by atoms with Gasteiger partial charge in [0.15, 0.2) is 0 Å². The Bertz CT molecular complexity index is 1440. The van der Waals surface area contributed by atoms with E-state index in [9.17, 15) is 14.0 Å². The molecular weight excluding hydrogens is 435 g/mol. The lowest BCUT2D eigenvalue weighted by atomic mass is 10.0. The third kappa shape index (κ3) is 3.89. The molecular formula is C25H24FN6O2+. The highest BCUT2D eigenvalue weighted by atomic mass is 19.1. The highest BCUT2D eigenvalue weighted by molar-refractivity contribution is 5.94. The summed E-state index contributed by atoms with van der Waals surface area (Å²) in [5, 5.41) is 14.1. The van der Waals surface area contributed by atoms with Crippen molar-refractivity contribution in [3.8, 4) is 11.4 Å². The van der Waals surface area contributed by atoms with Crippen LogP contribution in [-0.2, 0) is 19.5 Å². The molecule has 0 radical (unpaired) electrons. The van der Waals surface area contributed by atoms with Crippen molar-refractivity contribution in [2.45, 2.75) is 33.4 Å². The molecule has 8 nitrogen and oxygen atoms in total. The number of benzene rings is 2. The fraction of sp³-hybridized carbons (Fsp3) is 0.240. The molecule has 0 unspecified atom stereocenters. The van der Waals surface area contributed by atoms with Gasteiger partial charge in [-0.15, -0.1) is 5.10 Å². The standard InChI is InChI=1S/C25H23FN6O2/c1-15-16(2)24(33)30-27-21(15)13-17-8-9-20(26)19(12-17)25(34)31-10-11-32-22(14-31)28-29-23(32)18-6-4-3-5-7-18/h3-9,12H,10-11,13-14H2,1-2H3,(H,30,33)/p+1. The highest BCUT2D eigenvalue weighted by Crippen LogP contribution is 2.20. The average molecular weight is 460 g/mol. The van der Waals surface area contributed by atoms with Crippen LogP contribution < -0.4 is 10.1 Å². The summed E-state index contributed by atoms with van der Waals surface area (Å²) >= 11 is 0. The lowest BCUT2D eigenvalue weighted by Gasteiger charge is -2.25. The fourth-order valence-electron chi connectivity index (χ4n) is 4.24. The Morgan fingerprint density at radius 3 is 2.68 bits per heavy atom. The van der Waals surface area contributed by atoms with Gasteiger partial charge in [0.25, 0.3) is 17.3 Å². The minimum Gasteiger partial charge on any atom is -0.325 e. The maximum Gasteiger partial charge on any atom is 0.308 e. The second-order valence-electron chi connectivity index (χ2n) is 8.48. The quantitative estimate of drug-likeness (QED) is 0.458. The Morgan fingerprint density at radius 2 is 1.88 bits per heavy atom. The van der Waals surface area contributed by atoms with Gasteiger partial charge in [-0.3, -0.25) is 9.59 Å². The first-order chi connectivity index (χ1) is 16.4. The lowest BCUT2D eigenvalue weighted by molar-refractivity contribution is -0.700. The summed E-state index contributed by atoms with van der Waals surface area (Å²) in [6.45, 7) is 4.88. The van der Waals surface area contributed by atoms with Gasteiger partial charge in [0, 0.05) is 17.1 Å². The first kappa shape index (κ1) is 21.7. The number of halogens is 1. The number of carbonyl (C=O) groups is 1. The molecule has 0 saturated carbocycles. The monoisotopic (exact) mass is 459 g/mol. The number of nitrogens with one attached hydrogen (secondary N) is 2. The maximum absolute atomic E-state index is 14.7. The molecule has 1 aliphatic heterocycles. The number of rotatable bonds is 4. The van der Waals surface area contributed by atoms with Gasteiger partial charge in [0.05, 0.1) is 29.9 Å². The van der Waals surface area contributed by atoms with Crippen LogP contribution in [0.15, 0.2) is 53.3 Å².